The van der Waals surface area contributed by atoms with Gasteiger partial charge in [0.1, 0.15) is 12.3 Å². The fourth-order valence-electron chi connectivity index (χ4n) is 2.47. The van der Waals surface area contributed by atoms with E-state index in [-0.39, 0.29) is 13.2 Å². The van der Waals surface area contributed by atoms with Gasteiger partial charge in [0.15, 0.2) is 11.4 Å². The van der Waals surface area contributed by atoms with E-state index in [2.05, 4.69) is 20.9 Å². The second-order valence-electron chi connectivity index (χ2n) is 5.77. The number of thiazole rings is 1. The zero-order valence-corrected chi connectivity index (χ0v) is 17.2. The molecule has 0 saturated heterocycles. The monoisotopic (exact) mass is 448 g/mol. The summed E-state index contributed by atoms with van der Waals surface area (Å²) in [5.74, 6) is -0.232. The quantitative estimate of drug-likeness (QED) is 0.560. The van der Waals surface area contributed by atoms with Crippen LogP contribution >= 0.6 is 27.3 Å². The summed E-state index contributed by atoms with van der Waals surface area (Å²) in [6.45, 7) is 1.74. The van der Waals surface area contributed by atoms with Crippen molar-refractivity contribution in [3.05, 3.63) is 57.3 Å². The van der Waals surface area contributed by atoms with Gasteiger partial charge in [0.2, 0.25) is 0 Å². The molecule has 3 aromatic rings. The Morgan fingerprint density at radius 2 is 2.04 bits per heavy atom. The minimum absolute atomic E-state index is 0.0248. The Bertz CT molecular complexity index is 1070. The van der Waals surface area contributed by atoms with Gasteiger partial charge < -0.3 is 14.0 Å². The first kappa shape index (κ1) is 19.3. The number of nitrogens with zero attached hydrogens (tertiary/aromatic N) is 2. The average Bonchev–Trinajstić information content (AvgIpc) is 2.96. The fraction of sp³-hybridized carbons (Fsp3) is 0.211. The first-order valence-corrected chi connectivity index (χ1v) is 9.70. The Labute approximate surface area is 168 Å². The summed E-state index contributed by atoms with van der Waals surface area (Å²) in [6, 6.07) is 13.1. The maximum atomic E-state index is 12.3. The zero-order valence-electron chi connectivity index (χ0n) is 14.8. The lowest BCUT2D eigenvalue weighted by Crippen LogP contribution is -2.23. The zero-order chi connectivity index (χ0) is 19.4. The predicted molar refractivity (Wildman–Crippen MR) is 107 cm³/mol. The molecule has 140 valence electrons. The minimum Gasteiger partial charge on any atom is -0.484 e. The topological polar surface area (TPSA) is 69.9 Å². The molecular formula is C19H17BrN2O4S. The summed E-state index contributed by atoms with van der Waals surface area (Å²) in [7, 11) is 1.33. The first-order valence-electron chi connectivity index (χ1n) is 8.09. The Morgan fingerprint density at radius 3 is 2.78 bits per heavy atom. The van der Waals surface area contributed by atoms with Crippen LogP contribution in [-0.4, -0.2) is 30.2 Å². The molecule has 0 aliphatic carbocycles. The van der Waals surface area contributed by atoms with Crippen molar-refractivity contribution in [3.63, 3.8) is 0 Å². The Hall–Kier alpha value is -2.45. The van der Waals surface area contributed by atoms with Gasteiger partial charge in [-0.3, -0.25) is 9.59 Å². The van der Waals surface area contributed by atoms with Crippen molar-refractivity contribution < 1.29 is 19.1 Å². The minimum atomic E-state index is -0.430. The third-order valence-electron chi connectivity index (χ3n) is 3.73. The van der Waals surface area contributed by atoms with Crippen molar-refractivity contribution >= 4 is 49.4 Å². The van der Waals surface area contributed by atoms with Crippen molar-refractivity contribution in [2.45, 2.75) is 13.5 Å². The van der Waals surface area contributed by atoms with E-state index in [1.807, 2.05) is 43.3 Å². The van der Waals surface area contributed by atoms with Crippen LogP contribution in [0.2, 0.25) is 0 Å². The molecule has 1 amide bonds. The maximum Gasteiger partial charge on any atom is 0.325 e. The number of amides is 1. The summed E-state index contributed by atoms with van der Waals surface area (Å²) in [5.41, 5.74) is 1.85. The standard InChI is InChI=1S/C19H17BrN2O4S/c1-12-4-3-5-14(8-12)26-11-17(23)21-19-22(10-18(24)25-2)15-7-6-13(20)9-16(15)27-19/h3-9H,10-11H2,1-2H3. The number of carbonyl (C=O) groups excluding carboxylic acids is 2. The van der Waals surface area contributed by atoms with Gasteiger partial charge in [-0.15, -0.1) is 0 Å². The van der Waals surface area contributed by atoms with Gasteiger partial charge in [0.25, 0.3) is 5.91 Å². The van der Waals surface area contributed by atoms with Crippen molar-refractivity contribution in [2.75, 3.05) is 13.7 Å². The molecular weight excluding hydrogens is 432 g/mol. The first-order chi connectivity index (χ1) is 13.0. The van der Waals surface area contributed by atoms with E-state index >= 15 is 0 Å². The van der Waals surface area contributed by atoms with Crippen LogP contribution in [0.3, 0.4) is 0 Å². The molecule has 0 radical (unpaired) electrons. The van der Waals surface area contributed by atoms with Gasteiger partial charge in [-0.05, 0) is 42.8 Å². The molecule has 3 rings (SSSR count). The normalized spacial score (nSPS) is 11.6. The molecule has 0 fully saturated rings. The van der Waals surface area contributed by atoms with Gasteiger partial charge in [-0.25, -0.2) is 0 Å². The number of hydrogen-bond donors (Lipinski definition) is 0. The van der Waals surface area contributed by atoms with E-state index in [4.69, 9.17) is 9.47 Å². The summed E-state index contributed by atoms with van der Waals surface area (Å²) in [4.78, 5) is 28.6. The number of aromatic nitrogens is 1. The second kappa shape index (κ2) is 8.49. The summed E-state index contributed by atoms with van der Waals surface area (Å²) < 4.78 is 13.7. The highest BCUT2D eigenvalue weighted by Crippen LogP contribution is 2.22. The Kier molecular flexibility index (Phi) is 6.08. The fourth-order valence-corrected chi connectivity index (χ4v) is 4.07. The highest BCUT2D eigenvalue weighted by molar-refractivity contribution is 9.10. The number of aryl methyl sites for hydroxylation is 1. The predicted octanol–water partition coefficient (Wildman–Crippen LogP) is 3.45. The number of ether oxygens (including phenoxy) is 2. The van der Waals surface area contributed by atoms with Crippen LogP contribution in [0.5, 0.6) is 5.75 Å². The molecule has 8 heteroatoms. The van der Waals surface area contributed by atoms with Gasteiger partial charge in [0, 0.05) is 4.47 Å². The van der Waals surface area contributed by atoms with E-state index < -0.39 is 11.9 Å². The van der Waals surface area contributed by atoms with Crippen LogP contribution in [-0.2, 0) is 20.9 Å². The van der Waals surface area contributed by atoms with Gasteiger partial charge >= 0.3 is 5.97 Å². The molecule has 2 aromatic carbocycles. The molecule has 0 spiro atoms. The molecule has 0 bridgehead atoms. The van der Waals surface area contributed by atoms with Crippen LogP contribution in [0.1, 0.15) is 5.56 Å². The molecule has 0 aliphatic rings. The molecule has 0 atom stereocenters. The highest BCUT2D eigenvalue weighted by atomic mass is 79.9. The molecule has 0 saturated carbocycles. The molecule has 1 heterocycles. The second-order valence-corrected chi connectivity index (χ2v) is 7.69. The third kappa shape index (κ3) is 4.84. The Balaban J connectivity index is 1.90. The lowest BCUT2D eigenvalue weighted by molar-refractivity contribution is -0.141. The van der Waals surface area contributed by atoms with Crippen LogP contribution < -0.4 is 9.54 Å². The number of hydrogen-bond acceptors (Lipinski definition) is 5. The molecule has 6 nitrogen and oxygen atoms in total. The van der Waals surface area contributed by atoms with Crippen LogP contribution in [0.25, 0.3) is 10.2 Å². The lowest BCUT2D eigenvalue weighted by Gasteiger charge is -2.05. The average molecular weight is 449 g/mol. The molecule has 27 heavy (non-hydrogen) atoms. The number of halogens is 1. The van der Waals surface area contributed by atoms with E-state index in [0.29, 0.717) is 10.6 Å². The third-order valence-corrected chi connectivity index (χ3v) is 5.27. The maximum absolute atomic E-state index is 12.3. The van der Waals surface area contributed by atoms with Crippen LogP contribution in [0, 0.1) is 6.92 Å². The van der Waals surface area contributed by atoms with E-state index in [9.17, 15) is 9.59 Å². The van der Waals surface area contributed by atoms with Crippen molar-refractivity contribution in [3.8, 4) is 5.75 Å². The highest BCUT2D eigenvalue weighted by Gasteiger charge is 2.12. The summed E-state index contributed by atoms with van der Waals surface area (Å²) in [6.07, 6.45) is 0. The number of carbonyl (C=O) groups is 2. The van der Waals surface area contributed by atoms with Crippen molar-refractivity contribution in [1.82, 2.24) is 4.57 Å². The molecule has 0 unspecified atom stereocenters. The number of methoxy groups -OCH3 is 1. The van der Waals surface area contributed by atoms with Crippen LogP contribution in [0.15, 0.2) is 51.9 Å². The lowest BCUT2D eigenvalue weighted by atomic mass is 10.2. The molecule has 1 aromatic heterocycles. The van der Waals surface area contributed by atoms with Crippen molar-refractivity contribution in [1.29, 1.82) is 0 Å². The number of fused-ring (bicyclic) bond motifs is 1. The van der Waals surface area contributed by atoms with Crippen LogP contribution in [0.4, 0.5) is 0 Å². The van der Waals surface area contributed by atoms with E-state index in [1.165, 1.54) is 18.4 Å². The summed E-state index contributed by atoms with van der Waals surface area (Å²) in [5, 5.41) is 0. The summed E-state index contributed by atoms with van der Waals surface area (Å²) >= 11 is 4.75. The SMILES string of the molecule is COC(=O)Cn1c(=NC(=O)COc2cccc(C)c2)sc2cc(Br)ccc21. The Morgan fingerprint density at radius 1 is 1.22 bits per heavy atom. The smallest absolute Gasteiger partial charge is 0.325 e. The van der Waals surface area contributed by atoms with Crippen molar-refractivity contribution in [2.24, 2.45) is 4.99 Å². The molecule has 0 aliphatic heterocycles. The number of esters is 1. The van der Waals surface area contributed by atoms with Gasteiger partial charge in [0.05, 0.1) is 17.3 Å². The largest absolute Gasteiger partial charge is 0.484 e. The van der Waals surface area contributed by atoms with Gasteiger partial charge in [-0.1, -0.05) is 39.4 Å². The number of benzene rings is 2. The van der Waals surface area contributed by atoms with E-state index in [1.54, 1.807) is 10.6 Å². The van der Waals surface area contributed by atoms with Gasteiger partial charge in [-0.2, -0.15) is 4.99 Å². The molecule has 0 N–H and O–H groups in total. The van der Waals surface area contributed by atoms with E-state index in [0.717, 1.165) is 20.3 Å². The number of rotatable bonds is 5.